The smallest absolute Gasteiger partial charge is 0.338 e. The van der Waals surface area contributed by atoms with Crippen molar-refractivity contribution in [1.82, 2.24) is 0 Å². The molecule has 8 heteroatoms. The molecule has 3 rings (SSSR count). The number of carbonyl (C=O) groups is 1. The summed E-state index contributed by atoms with van der Waals surface area (Å²) in [7, 11) is 0.236. The van der Waals surface area contributed by atoms with Gasteiger partial charge in [0.25, 0.3) is 0 Å². The summed E-state index contributed by atoms with van der Waals surface area (Å²) >= 11 is 0. The van der Waals surface area contributed by atoms with Crippen molar-refractivity contribution in [3.63, 3.8) is 0 Å². The molecule has 5 atom stereocenters. The van der Waals surface area contributed by atoms with E-state index in [1.54, 1.807) is 38.1 Å². The molecule has 1 aromatic rings. The molecule has 1 aromatic carbocycles. The Morgan fingerprint density at radius 2 is 1.92 bits per heavy atom. The first-order valence-electron chi connectivity index (χ1n) is 8.47. The van der Waals surface area contributed by atoms with Gasteiger partial charge in [0, 0.05) is 17.9 Å². The lowest BCUT2D eigenvalue weighted by Crippen LogP contribution is -2.55. The van der Waals surface area contributed by atoms with Crippen LogP contribution in [0.4, 0.5) is 0 Å². The van der Waals surface area contributed by atoms with E-state index in [9.17, 15) is 9.00 Å². The van der Waals surface area contributed by atoms with Gasteiger partial charge < -0.3 is 23.7 Å². The maximum Gasteiger partial charge on any atom is 0.338 e. The van der Waals surface area contributed by atoms with E-state index in [0.717, 1.165) is 0 Å². The summed E-state index contributed by atoms with van der Waals surface area (Å²) in [4.78, 5) is 12.2. The number of fused-ring (bicyclic) bond motifs is 1. The number of hydrogen-bond acceptors (Lipinski definition) is 7. The number of carbonyl (C=O) groups excluding carboxylic acids is 1. The van der Waals surface area contributed by atoms with Crippen LogP contribution in [0.5, 0.6) is 0 Å². The van der Waals surface area contributed by atoms with Gasteiger partial charge in [-0.05, 0) is 26.0 Å². The Kier molecular flexibility index (Phi) is 6.09. The molecule has 2 saturated heterocycles. The van der Waals surface area contributed by atoms with E-state index in [1.807, 2.05) is 6.07 Å². The highest BCUT2D eigenvalue weighted by atomic mass is 32.2. The second-order valence-corrected chi connectivity index (χ2v) is 8.43. The molecule has 144 valence electrons. The molecule has 0 aliphatic carbocycles. The molecule has 2 fully saturated rings. The minimum Gasteiger partial charge on any atom is -0.461 e. The highest BCUT2D eigenvalue weighted by molar-refractivity contribution is 7.85. The normalized spacial score (nSPS) is 32.8. The van der Waals surface area contributed by atoms with Crippen LogP contribution in [-0.2, 0) is 34.5 Å². The fourth-order valence-corrected chi connectivity index (χ4v) is 4.79. The molecular weight excluding hydrogens is 360 g/mol. The summed E-state index contributed by atoms with van der Waals surface area (Å²) in [5.74, 6) is -0.993. The number of ether oxygens (including phenoxy) is 5. The molecule has 2 aliphatic rings. The van der Waals surface area contributed by atoms with E-state index in [4.69, 9.17) is 23.7 Å². The van der Waals surface area contributed by atoms with E-state index in [2.05, 4.69) is 0 Å². The van der Waals surface area contributed by atoms with Crippen LogP contribution in [0.1, 0.15) is 24.2 Å². The molecule has 0 spiro atoms. The highest BCUT2D eigenvalue weighted by Gasteiger charge is 2.54. The van der Waals surface area contributed by atoms with E-state index < -0.39 is 46.1 Å². The predicted octanol–water partition coefficient (Wildman–Crippen LogP) is 1.48. The van der Waals surface area contributed by atoms with Crippen LogP contribution in [0.25, 0.3) is 0 Å². The number of hydrogen-bond donors (Lipinski definition) is 0. The first-order chi connectivity index (χ1) is 12.4. The SMILES string of the molecule is COCO[C@H]1CS(=O)[C@H](COC(=O)c2ccccc2)[C@H]2OC(C)(C)O[C@@H]21. The second kappa shape index (κ2) is 8.14. The fourth-order valence-electron chi connectivity index (χ4n) is 3.21. The van der Waals surface area contributed by atoms with Crippen molar-refractivity contribution >= 4 is 16.8 Å². The van der Waals surface area contributed by atoms with E-state index >= 15 is 0 Å². The van der Waals surface area contributed by atoms with Crippen LogP contribution in [0.2, 0.25) is 0 Å². The van der Waals surface area contributed by atoms with Crippen molar-refractivity contribution in [1.29, 1.82) is 0 Å². The standard InChI is InChI=1S/C18H24O7S/c1-18(2)24-15-13(23-11-21-3)10-26(20)14(16(15)25-18)9-22-17(19)12-7-5-4-6-8-12/h4-8,13-16H,9-11H2,1-3H3/t13-,14+,15+,16+,26?/m0/s1. The third-order valence-corrected chi connectivity index (χ3v) is 6.09. The van der Waals surface area contributed by atoms with E-state index in [0.29, 0.717) is 5.56 Å². The average Bonchev–Trinajstić information content (AvgIpc) is 2.94. The van der Waals surface area contributed by atoms with Gasteiger partial charge in [-0.3, -0.25) is 4.21 Å². The monoisotopic (exact) mass is 384 g/mol. The first kappa shape index (κ1) is 19.4. The molecule has 7 nitrogen and oxygen atoms in total. The van der Waals surface area contributed by atoms with Crippen molar-refractivity contribution in [3.05, 3.63) is 35.9 Å². The van der Waals surface area contributed by atoms with Crippen LogP contribution in [-0.4, -0.2) is 65.8 Å². The number of methoxy groups -OCH3 is 1. The second-order valence-electron chi connectivity index (χ2n) is 6.73. The molecule has 0 aromatic heterocycles. The van der Waals surface area contributed by atoms with E-state index in [1.165, 1.54) is 7.11 Å². The van der Waals surface area contributed by atoms with Crippen LogP contribution < -0.4 is 0 Å². The minimum atomic E-state index is -1.29. The van der Waals surface area contributed by atoms with Gasteiger partial charge in [-0.15, -0.1) is 0 Å². The largest absolute Gasteiger partial charge is 0.461 e. The van der Waals surface area contributed by atoms with Crippen molar-refractivity contribution in [2.45, 2.75) is 43.2 Å². The predicted molar refractivity (Wildman–Crippen MR) is 94.1 cm³/mol. The lowest BCUT2D eigenvalue weighted by Gasteiger charge is -2.35. The zero-order chi connectivity index (χ0) is 18.7. The van der Waals surface area contributed by atoms with Gasteiger partial charge in [0.1, 0.15) is 31.7 Å². The van der Waals surface area contributed by atoms with Gasteiger partial charge in [-0.2, -0.15) is 0 Å². The number of benzene rings is 1. The van der Waals surface area contributed by atoms with Crippen LogP contribution in [0, 0.1) is 0 Å². The minimum absolute atomic E-state index is 0.00204. The Balaban J connectivity index is 1.69. The molecule has 0 radical (unpaired) electrons. The summed E-state index contributed by atoms with van der Waals surface area (Å²) in [5, 5.41) is -0.475. The lowest BCUT2D eigenvalue weighted by atomic mass is 10.1. The van der Waals surface area contributed by atoms with Crippen LogP contribution in [0.3, 0.4) is 0 Å². The summed E-state index contributed by atoms with van der Waals surface area (Å²) in [6, 6.07) is 8.70. The topological polar surface area (TPSA) is 80.3 Å². The van der Waals surface area contributed by atoms with Gasteiger partial charge in [0.2, 0.25) is 0 Å². The summed E-state index contributed by atoms with van der Waals surface area (Å²) in [6.07, 6.45) is -1.27. The van der Waals surface area contributed by atoms with Gasteiger partial charge in [0.05, 0.1) is 16.6 Å². The summed E-state index contributed by atoms with van der Waals surface area (Å²) in [6.45, 7) is 3.68. The van der Waals surface area contributed by atoms with Crippen molar-refractivity contribution in [3.8, 4) is 0 Å². The Hall–Kier alpha value is -1.32. The maximum atomic E-state index is 12.7. The third kappa shape index (κ3) is 4.32. The lowest BCUT2D eigenvalue weighted by molar-refractivity contribution is -0.165. The van der Waals surface area contributed by atoms with E-state index in [-0.39, 0.29) is 19.2 Å². The molecular formula is C18H24O7S. The zero-order valence-corrected chi connectivity index (χ0v) is 15.9. The molecule has 2 aliphatic heterocycles. The van der Waals surface area contributed by atoms with Crippen LogP contribution >= 0.6 is 0 Å². The average molecular weight is 384 g/mol. The first-order valence-corrected chi connectivity index (χ1v) is 9.85. The molecule has 1 unspecified atom stereocenters. The van der Waals surface area contributed by atoms with Gasteiger partial charge in [0.15, 0.2) is 5.79 Å². The van der Waals surface area contributed by atoms with Gasteiger partial charge >= 0.3 is 5.97 Å². The van der Waals surface area contributed by atoms with Crippen molar-refractivity contribution in [2.24, 2.45) is 0 Å². The Bertz CT molecular complexity index is 648. The Morgan fingerprint density at radius 1 is 1.23 bits per heavy atom. The summed E-state index contributed by atoms with van der Waals surface area (Å²) < 4.78 is 40.6. The maximum absolute atomic E-state index is 12.7. The molecule has 0 bridgehead atoms. The Morgan fingerprint density at radius 3 is 2.62 bits per heavy atom. The zero-order valence-electron chi connectivity index (χ0n) is 15.1. The Labute approximate surface area is 155 Å². The highest BCUT2D eigenvalue weighted by Crippen LogP contribution is 2.37. The third-order valence-electron chi connectivity index (χ3n) is 4.35. The number of esters is 1. The molecule has 0 amide bonds. The number of rotatable bonds is 6. The quantitative estimate of drug-likeness (QED) is 0.543. The summed E-state index contributed by atoms with van der Waals surface area (Å²) in [5.41, 5.74) is 0.455. The van der Waals surface area contributed by atoms with Crippen molar-refractivity contribution < 1.29 is 32.7 Å². The molecule has 2 heterocycles. The molecule has 0 N–H and O–H groups in total. The van der Waals surface area contributed by atoms with Crippen LogP contribution in [0.15, 0.2) is 30.3 Å². The van der Waals surface area contributed by atoms with Gasteiger partial charge in [-0.1, -0.05) is 18.2 Å². The molecule has 0 saturated carbocycles. The van der Waals surface area contributed by atoms with Crippen molar-refractivity contribution in [2.75, 3.05) is 26.3 Å². The fraction of sp³-hybridized carbons (Fsp3) is 0.611. The molecule has 26 heavy (non-hydrogen) atoms. The van der Waals surface area contributed by atoms with Gasteiger partial charge in [-0.25, -0.2) is 4.79 Å².